The smallest absolute Gasteiger partial charge is 0.0179 e. The Hall–Kier alpha value is 0.270. The lowest BCUT2D eigenvalue weighted by Crippen LogP contribution is -2.35. The van der Waals surface area contributed by atoms with Crippen molar-refractivity contribution in [3.63, 3.8) is 0 Å². The van der Waals surface area contributed by atoms with Crippen molar-refractivity contribution in [2.75, 3.05) is 32.1 Å². The molecule has 0 radical (unpaired) electrons. The third kappa shape index (κ3) is 2.15. The van der Waals surface area contributed by atoms with Crippen LogP contribution in [0.5, 0.6) is 0 Å². The predicted molar refractivity (Wildman–Crippen MR) is 47.3 cm³/mol. The maximum Gasteiger partial charge on any atom is 0.0179 e. The lowest BCUT2D eigenvalue weighted by Gasteiger charge is -2.18. The zero-order chi connectivity index (χ0) is 7.56. The fraction of sp³-hybridized carbons (Fsp3) is 1.00. The minimum Gasteiger partial charge on any atom is -0.327 e. The maximum absolute atomic E-state index is 5.88. The molecule has 60 valence electrons. The van der Waals surface area contributed by atoms with Crippen LogP contribution in [0.3, 0.4) is 0 Å². The van der Waals surface area contributed by atoms with Gasteiger partial charge in [-0.3, -0.25) is 0 Å². The molecule has 0 amide bonds. The van der Waals surface area contributed by atoms with E-state index < -0.39 is 0 Å². The Labute approximate surface area is 67.1 Å². The predicted octanol–water partition coefficient (Wildman–Crippen LogP) is 0.238. The molecule has 1 aliphatic rings. The van der Waals surface area contributed by atoms with Gasteiger partial charge in [-0.15, -0.1) is 0 Å². The molecule has 1 aliphatic heterocycles. The molecule has 1 saturated heterocycles. The third-order valence-electron chi connectivity index (χ3n) is 1.85. The van der Waals surface area contributed by atoms with Gasteiger partial charge in [-0.2, -0.15) is 11.8 Å². The maximum atomic E-state index is 5.88. The summed E-state index contributed by atoms with van der Waals surface area (Å²) >= 11 is 1.98. The van der Waals surface area contributed by atoms with Crippen LogP contribution in [0, 0.1) is 5.92 Å². The highest BCUT2D eigenvalue weighted by Crippen LogP contribution is 2.22. The van der Waals surface area contributed by atoms with Crippen molar-refractivity contribution < 1.29 is 0 Å². The Morgan fingerprint density at radius 2 is 2.20 bits per heavy atom. The summed E-state index contributed by atoms with van der Waals surface area (Å²) in [6.07, 6.45) is 0. The minimum atomic E-state index is 0.437. The standard InChI is InChI=1S/C7H16N2S/c1-9(2)3-6-4-10-5-7(6)8/h6-7H,3-5,8H2,1-2H3. The molecule has 0 bridgehead atoms. The molecule has 0 aliphatic carbocycles. The first-order valence-electron chi connectivity index (χ1n) is 3.68. The van der Waals surface area contributed by atoms with Gasteiger partial charge in [-0.1, -0.05) is 0 Å². The van der Waals surface area contributed by atoms with E-state index in [4.69, 9.17) is 5.73 Å². The Kier molecular flexibility index (Phi) is 3.01. The van der Waals surface area contributed by atoms with E-state index in [0.717, 1.165) is 18.2 Å². The molecule has 3 heteroatoms. The summed E-state index contributed by atoms with van der Waals surface area (Å²) in [5.74, 6) is 3.12. The summed E-state index contributed by atoms with van der Waals surface area (Å²) in [6.45, 7) is 1.15. The Bertz CT molecular complexity index is 106. The van der Waals surface area contributed by atoms with Gasteiger partial charge in [0.2, 0.25) is 0 Å². The van der Waals surface area contributed by atoms with E-state index in [-0.39, 0.29) is 0 Å². The Morgan fingerprint density at radius 1 is 1.50 bits per heavy atom. The van der Waals surface area contributed by atoms with Gasteiger partial charge >= 0.3 is 0 Å². The van der Waals surface area contributed by atoms with Gasteiger partial charge in [0.05, 0.1) is 0 Å². The van der Waals surface area contributed by atoms with E-state index in [2.05, 4.69) is 19.0 Å². The zero-order valence-corrected chi connectivity index (χ0v) is 7.53. The van der Waals surface area contributed by atoms with Crippen LogP contribution in [0.15, 0.2) is 0 Å². The third-order valence-corrected chi connectivity index (χ3v) is 3.13. The average Bonchev–Trinajstić information content (AvgIpc) is 2.15. The highest BCUT2D eigenvalue weighted by molar-refractivity contribution is 7.99. The lowest BCUT2D eigenvalue weighted by molar-refractivity contribution is 0.325. The van der Waals surface area contributed by atoms with E-state index >= 15 is 0 Å². The molecule has 0 spiro atoms. The fourth-order valence-electron chi connectivity index (χ4n) is 1.27. The molecule has 0 aromatic carbocycles. The summed E-state index contributed by atoms with van der Waals surface area (Å²) in [5.41, 5.74) is 5.88. The minimum absolute atomic E-state index is 0.437. The first kappa shape index (κ1) is 8.37. The van der Waals surface area contributed by atoms with Gasteiger partial charge in [0.1, 0.15) is 0 Å². The van der Waals surface area contributed by atoms with Gasteiger partial charge in [0.15, 0.2) is 0 Å². The van der Waals surface area contributed by atoms with Crippen molar-refractivity contribution in [3.05, 3.63) is 0 Å². The van der Waals surface area contributed by atoms with E-state index in [1.807, 2.05) is 11.8 Å². The molecule has 2 unspecified atom stereocenters. The molecule has 0 saturated carbocycles. The highest BCUT2D eigenvalue weighted by atomic mass is 32.2. The van der Waals surface area contributed by atoms with Gasteiger partial charge < -0.3 is 10.6 Å². The molecule has 2 atom stereocenters. The van der Waals surface area contributed by atoms with Crippen molar-refractivity contribution in [2.45, 2.75) is 6.04 Å². The van der Waals surface area contributed by atoms with Crippen molar-refractivity contribution >= 4 is 11.8 Å². The number of rotatable bonds is 2. The second-order valence-corrected chi connectivity index (χ2v) is 4.30. The molecule has 1 heterocycles. The van der Waals surface area contributed by atoms with Crippen LogP contribution in [-0.2, 0) is 0 Å². The fourth-order valence-corrected chi connectivity index (χ4v) is 2.61. The molecule has 2 nitrogen and oxygen atoms in total. The van der Waals surface area contributed by atoms with Crippen molar-refractivity contribution in [1.29, 1.82) is 0 Å². The van der Waals surface area contributed by atoms with Crippen LogP contribution < -0.4 is 5.73 Å². The molecular weight excluding hydrogens is 144 g/mol. The second kappa shape index (κ2) is 3.60. The zero-order valence-electron chi connectivity index (χ0n) is 6.71. The number of hydrogen-bond acceptors (Lipinski definition) is 3. The van der Waals surface area contributed by atoms with Crippen LogP contribution in [-0.4, -0.2) is 43.1 Å². The molecular formula is C7H16N2S. The number of nitrogens with zero attached hydrogens (tertiary/aromatic N) is 1. The quantitative estimate of drug-likeness (QED) is 0.627. The van der Waals surface area contributed by atoms with Crippen molar-refractivity contribution in [3.8, 4) is 0 Å². The summed E-state index contributed by atoms with van der Waals surface area (Å²) in [5, 5.41) is 0. The number of thioether (sulfide) groups is 1. The first-order chi connectivity index (χ1) is 4.70. The Morgan fingerprint density at radius 3 is 2.60 bits per heavy atom. The monoisotopic (exact) mass is 160 g/mol. The van der Waals surface area contributed by atoms with Gasteiger partial charge in [0, 0.05) is 18.3 Å². The van der Waals surface area contributed by atoms with Gasteiger partial charge in [-0.25, -0.2) is 0 Å². The van der Waals surface area contributed by atoms with Crippen LogP contribution in [0.2, 0.25) is 0 Å². The first-order valence-corrected chi connectivity index (χ1v) is 4.83. The van der Waals surface area contributed by atoms with E-state index in [1.165, 1.54) is 5.75 Å². The summed E-state index contributed by atoms with van der Waals surface area (Å²) < 4.78 is 0. The molecule has 0 aromatic heterocycles. The molecule has 1 rings (SSSR count). The van der Waals surface area contributed by atoms with Crippen LogP contribution in [0.1, 0.15) is 0 Å². The SMILES string of the molecule is CN(C)CC1CSCC1N. The number of hydrogen-bond donors (Lipinski definition) is 1. The lowest BCUT2D eigenvalue weighted by atomic mass is 10.1. The topological polar surface area (TPSA) is 29.3 Å². The molecule has 2 N–H and O–H groups in total. The van der Waals surface area contributed by atoms with Gasteiger partial charge in [-0.05, 0) is 25.8 Å². The Balaban J connectivity index is 2.26. The van der Waals surface area contributed by atoms with E-state index in [9.17, 15) is 0 Å². The average molecular weight is 160 g/mol. The largest absolute Gasteiger partial charge is 0.327 e. The van der Waals surface area contributed by atoms with Crippen LogP contribution in [0.25, 0.3) is 0 Å². The molecule has 0 aromatic rings. The number of nitrogens with two attached hydrogens (primary N) is 1. The molecule has 10 heavy (non-hydrogen) atoms. The summed E-state index contributed by atoms with van der Waals surface area (Å²) in [7, 11) is 4.21. The van der Waals surface area contributed by atoms with Gasteiger partial charge in [0.25, 0.3) is 0 Å². The van der Waals surface area contributed by atoms with Crippen molar-refractivity contribution in [1.82, 2.24) is 4.90 Å². The van der Waals surface area contributed by atoms with Crippen LogP contribution in [0.4, 0.5) is 0 Å². The molecule has 1 fully saturated rings. The van der Waals surface area contributed by atoms with E-state index in [1.54, 1.807) is 0 Å². The normalized spacial score (nSPS) is 33.6. The van der Waals surface area contributed by atoms with Crippen molar-refractivity contribution in [2.24, 2.45) is 11.7 Å². The summed E-state index contributed by atoms with van der Waals surface area (Å²) in [4.78, 5) is 2.22. The van der Waals surface area contributed by atoms with E-state index in [0.29, 0.717) is 6.04 Å². The summed E-state index contributed by atoms with van der Waals surface area (Å²) in [6, 6.07) is 0.437. The highest BCUT2D eigenvalue weighted by Gasteiger charge is 2.24. The van der Waals surface area contributed by atoms with Crippen LogP contribution >= 0.6 is 11.8 Å². The second-order valence-electron chi connectivity index (χ2n) is 3.22.